The van der Waals surface area contributed by atoms with E-state index in [9.17, 15) is 0 Å². The number of fused-ring (bicyclic) bond motifs is 14. The molecule has 0 atom stereocenters. The topological polar surface area (TPSA) is 26.3 Å². The lowest BCUT2D eigenvalue weighted by Crippen LogP contribution is -2.17. The van der Waals surface area contributed by atoms with Crippen molar-refractivity contribution in [1.29, 1.82) is 0 Å². The molecular formula is C60H42O2. The number of hydrogen-bond donors (Lipinski definition) is 0. The zero-order valence-electron chi connectivity index (χ0n) is 35.1. The van der Waals surface area contributed by atoms with E-state index in [1.54, 1.807) is 0 Å². The maximum atomic E-state index is 6.90. The van der Waals surface area contributed by atoms with E-state index in [0.717, 1.165) is 55.4 Å². The molecule has 2 heteroatoms. The third-order valence-electron chi connectivity index (χ3n) is 14.3. The molecule has 2 aliphatic carbocycles. The van der Waals surface area contributed by atoms with E-state index < -0.39 is 0 Å². The van der Waals surface area contributed by atoms with Crippen molar-refractivity contribution >= 4 is 43.9 Å². The maximum absolute atomic E-state index is 6.90. The third kappa shape index (κ3) is 4.81. The Morgan fingerprint density at radius 2 is 0.629 bits per heavy atom. The Morgan fingerprint density at radius 3 is 1.03 bits per heavy atom. The first-order chi connectivity index (χ1) is 30.3. The molecule has 11 aromatic rings. The van der Waals surface area contributed by atoms with Crippen LogP contribution in [0.2, 0.25) is 0 Å². The molecule has 2 aromatic heterocycles. The molecule has 0 saturated heterocycles. The zero-order chi connectivity index (χ0) is 41.5. The molecule has 9 aromatic carbocycles. The summed E-state index contributed by atoms with van der Waals surface area (Å²) < 4.78 is 13.8. The first kappa shape index (κ1) is 35.3. The highest BCUT2D eigenvalue weighted by Crippen LogP contribution is 2.61. The predicted molar refractivity (Wildman–Crippen MR) is 258 cm³/mol. The molecule has 2 heterocycles. The fraction of sp³-hybridized carbons (Fsp3) is 0.100. The van der Waals surface area contributed by atoms with Crippen molar-refractivity contribution in [3.63, 3.8) is 0 Å². The Kier molecular flexibility index (Phi) is 7.16. The summed E-state index contributed by atoms with van der Waals surface area (Å²) in [5.74, 6) is 0. The van der Waals surface area contributed by atoms with Gasteiger partial charge < -0.3 is 8.83 Å². The first-order valence-corrected chi connectivity index (χ1v) is 21.7. The van der Waals surface area contributed by atoms with Crippen LogP contribution in [-0.4, -0.2) is 0 Å². The standard InChI is InChI=1S/C60H42O2/c1-59(2)47-33-46-48(34-45(47)53-49(59)31-43(57-55(53)41-19-11-13-21-51(41)61-57)39-27-23-37(24-28-39)35-15-7-5-8-16-35)60(3,4)50-32-44(40-29-25-38(26-30-40)36-17-9-6-10-18-36)58-56(54(46)50)42-20-12-14-22-52(42)62-58/h5-34H,1-4H3. The minimum absolute atomic E-state index is 0.282. The van der Waals surface area contributed by atoms with Gasteiger partial charge in [0, 0.05) is 43.5 Å². The van der Waals surface area contributed by atoms with Gasteiger partial charge in [-0.2, -0.15) is 0 Å². The second-order valence-electron chi connectivity index (χ2n) is 18.4. The van der Waals surface area contributed by atoms with E-state index in [4.69, 9.17) is 8.83 Å². The van der Waals surface area contributed by atoms with Crippen LogP contribution in [0, 0.1) is 0 Å². The van der Waals surface area contributed by atoms with Gasteiger partial charge in [-0.1, -0.05) is 173 Å². The summed E-state index contributed by atoms with van der Waals surface area (Å²) in [7, 11) is 0. The largest absolute Gasteiger partial charge is 0.455 e. The van der Waals surface area contributed by atoms with E-state index >= 15 is 0 Å². The molecule has 0 saturated carbocycles. The lowest BCUT2D eigenvalue weighted by atomic mass is 9.79. The molecule has 0 fully saturated rings. The van der Waals surface area contributed by atoms with Crippen LogP contribution >= 0.6 is 0 Å². The molecule has 0 bridgehead atoms. The SMILES string of the molecule is CC1(C)c2cc3c(cc2-c2c1cc(-c1ccc(-c4ccccc4)cc1)c1oc4ccccc4c21)C(C)(C)c1cc(-c2ccc(-c4ccccc4)cc2)c2oc4ccccc4c2c1-3. The molecule has 2 nitrogen and oxygen atoms in total. The first-order valence-electron chi connectivity index (χ1n) is 21.7. The average molecular weight is 795 g/mol. The van der Waals surface area contributed by atoms with Gasteiger partial charge in [-0.25, -0.2) is 0 Å². The van der Waals surface area contributed by atoms with Crippen molar-refractivity contribution < 1.29 is 8.83 Å². The van der Waals surface area contributed by atoms with Gasteiger partial charge in [-0.15, -0.1) is 0 Å². The third-order valence-corrected chi connectivity index (χ3v) is 14.3. The van der Waals surface area contributed by atoms with Crippen LogP contribution in [0.5, 0.6) is 0 Å². The van der Waals surface area contributed by atoms with Crippen LogP contribution in [0.3, 0.4) is 0 Å². The van der Waals surface area contributed by atoms with Crippen LogP contribution in [0.25, 0.3) is 111 Å². The second-order valence-corrected chi connectivity index (χ2v) is 18.4. The summed E-state index contributed by atoms with van der Waals surface area (Å²) in [5.41, 5.74) is 23.1. The molecule has 0 amide bonds. The van der Waals surface area contributed by atoms with Crippen LogP contribution in [0.15, 0.2) is 191 Å². The highest BCUT2D eigenvalue weighted by atomic mass is 16.3. The van der Waals surface area contributed by atoms with Crippen LogP contribution < -0.4 is 0 Å². The highest BCUT2D eigenvalue weighted by Gasteiger charge is 2.44. The van der Waals surface area contributed by atoms with Gasteiger partial charge in [-0.3, -0.25) is 0 Å². The van der Waals surface area contributed by atoms with Crippen LogP contribution in [-0.2, 0) is 10.8 Å². The highest BCUT2D eigenvalue weighted by molar-refractivity contribution is 6.21. The molecule has 0 aliphatic heterocycles. The smallest absolute Gasteiger partial charge is 0.143 e. The summed E-state index contributed by atoms with van der Waals surface area (Å²) in [6.07, 6.45) is 0. The Labute approximate surface area is 360 Å². The molecule has 294 valence electrons. The summed E-state index contributed by atoms with van der Waals surface area (Å²) in [5, 5.41) is 4.71. The van der Waals surface area contributed by atoms with Crippen LogP contribution in [0.4, 0.5) is 0 Å². The summed E-state index contributed by atoms with van der Waals surface area (Å²) in [6, 6.07) is 66.2. The predicted octanol–water partition coefficient (Wildman–Crippen LogP) is 16.8. The van der Waals surface area contributed by atoms with Crippen molar-refractivity contribution in [2.24, 2.45) is 0 Å². The fourth-order valence-electron chi connectivity index (χ4n) is 11.1. The monoisotopic (exact) mass is 794 g/mol. The summed E-state index contributed by atoms with van der Waals surface area (Å²) in [6.45, 7) is 9.64. The maximum Gasteiger partial charge on any atom is 0.143 e. The van der Waals surface area contributed by atoms with Gasteiger partial charge in [0.05, 0.1) is 0 Å². The minimum Gasteiger partial charge on any atom is -0.455 e. The van der Waals surface area contributed by atoms with E-state index in [2.05, 4.69) is 210 Å². The molecule has 13 rings (SSSR count). The zero-order valence-corrected chi connectivity index (χ0v) is 35.1. The van der Waals surface area contributed by atoms with Crippen molar-refractivity contribution in [2.45, 2.75) is 38.5 Å². The van der Waals surface area contributed by atoms with Gasteiger partial charge in [0.1, 0.15) is 22.3 Å². The Balaban J connectivity index is 1.03. The molecule has 62 heavy (non-hydrogen) atoms. The molecular weight excluding hydrogens is 753 g/mol. The Bertz CT molecular complexity index is 3390. The van der Waals surface area contributed by atoms with E-state index in [1.165, 1.54) is 77.5 Å². The minimum atomic E-state index is -0.282. The summed E-state index contributed by atoms with van der Waals surface area (Å²) in [4.78, 5) is 0. The molecule has 2 aliphatic rings. The molecule has 0 radical (unpaired) electrons. The quantitative estimate of drug-likeness (QED) is 0.177. The van der Waals surface area contributed by atoms with E-state index in [-0.39, 0.29) is 10.8 Å². The Hall–Kier alpha value is -7.42. The average Bonchev–Trinajstić information content (AvgIpc) is 4.01. The Morgan fingerprint density at radius 1 is 0.306 bits per heavy atom. The molecule has 0 N–H and O–H groups in total. The molecule has 0 spiro atoms. The second kappa shape index (κ2) is 12.6. The van der Waals surface area contributed by atoms with Gasteiger partial charge in [0.25, 0.3) is 0 Å². The van der Waals surface area contributed by atoms with Crippen LogP contribution in [0.1, 0.15) is 49.9 Å². The van der Waals surface area contributed by atoms with Crippen molar-refractivity contribution in [3.05, 3.63) is 204 Å². The van der Waals surface area contributed by atoms with Crippen molar-refractivity contribution in [3.8, 4) is 66.8 Å². The van der Waals surface area contributed by atoms with Gasteiger partial charge in [0.15, 0.2) is 0 Å². The number of para-hydroxylation sites is 2. The lowest BCUT2D eigenvalue weighted by molar-refractivity contribution is 0.650. The summed E-state index contributed by atoms with van der Waals surface area (Å²) >= 11 is 0. The lowest BCUT2D eigenvalue weighted by Gasteiger charge is -2.24. The van der Waals surface area contributed by atoms with E-state index in [1.807, 2.05) is 0 Å². The number of benzene rings is 9. The van der Waals surface area contributed by atoms with Gasteiger partial charge in [0.2, 0.25) is 0 Å². The normalized spacial score (nSPS) is 14.4. The number of furan rings is 2. The van der Waals surface area contributed by atoms with Crippen molar-refractivity contribution in [1.82, 2.24) is 0 Å². The number of rotatable bonds is 4. The van der Waals surface area contributed by atoms with E-state index in [0.29, 0.717) is 0 Å². The fourth-order valence-corrected chi connectivity index (χ4v) is 11.1. The number of hydrogen-bond acceptors (Lipinski definition) is 2. The molecule has 0 unspecified atom stereocenters. The van der Waals surface area contributed by atoms with Gasteiger partial charge in [-0.05, 0) is 114 Å². The van der Waals surface area contributed by atoms with Gasteiger partial charge >= 0.3 is 0 Å². The van der Waals surface area contributed by atoms with Crippen molar-refractivity contribution in [2.75, 3.05) is 0 Å².